The van der Waals surface area contributed by atoms with Crippen LogP contribution in [0.2, 0.25) is 0 Å². The lowest BCUT2D eigenvalue weighted by atomic mass is 10.1. The molecule has 2 N–H and O–H groups in total. The van der Waals surface area contributed by atoms with Crippen molar-refractivity contribution in [1.82, 2.24) is 10.6 Å². The fourth-order valence-electron chi connectivity index (χ4n) is 1.71. The molecule has 1 aromatic rings. The molecule has 7 heteroatoms. The average molecular weight is 304 g/mol. The summed E-state index contributed by atoms with van der Waals surface area (Å²) in [4.78, 5) is 11.5. The van der Waals surface area contributed by atoms with E-state index < -0.39 is 18.6 Å². The first-order chi connectivity index (χ1) is 9.81. The zero-order valence-electron chi connectivity index (χ0n) is 12.0. The van der Waals surface area contributed by atoms with Gasteiger partial charge < -0.3 is 15.4 Å². The van der Waals surface area contributed by atoms with Gasteiger partial charge in [-0.3, -0.25) is 4.79 Å². The van der Waals surface area contributed by atoms with Crippen molar-refractivity contribution in [2.45, 2.75) is 26.1 Å². The second-order valence-corrected chi connectivity index (χ2v) is 4.51. The molecule has 118 valence electrons. The molecular formula is C14H19F3N2O2. The first kappa shape index (κ1) is 17.3. The third kappa shape index (κ3) is 6.99. The van der Waals surface area contributed by atoms with E-state index in [2.05, 4.69) is 10.6 Å². The molecule has 1 rings (SSSR count). The van der Waals surface area contributed by atoms with Gasteiger partial charge in [-0.2, -0.15) is 13.2 Å². The normalized spacial score (nSPS) is 12.8. The highest BCUT2D eigenvalue weighted by molar-refractivity contribution is 5.78. The molecule has 0 spiro atoms. The minimum Gasteiger partial charge on any atom is -0.494 e. The standard InChI is InChI=1S/C14H19F3N2O2/c1-3-21-12-6-4-11(5-7-12)10(2)19-13(20)8-18-9-14(15,16)17/h4-7,10,18H,3,8-9H2,1-2H3,(H,19,20). The maximum Gasteiger partial charge on any atom is 0.401 e. The topological polar surface area (TPSA) is 50.4 Å². The predicted octanol–water partition coefficient (Wildman–Crippen LogP) is 2.41. The van der Waals surface area contributed by atoms with E-state index in [1.165, 1.54) is 0 Å². The van der Waals surface area contributed by atoms with Gasteiger partial charge in [-0.15, -0.1) is 0 Å². The van der Waals surface area contributed by atoms with Gasteiger partial charge in [0, 0.05) is 0 Å². The monoisotopic (exact) mass is 304 g/mol. The van der Waals surface area contributed by atoms with Gasteiger partial charge in [-0.25, -0.2) is 0 Å². The molecular weight excluding hydrogens is 285 g/mol. The van der Waals surface area contributed by atoms with Gasteiger partial charge in [0.15, 0.2) is 0 Å². The number of benzene rings is 1. The summed E-state index contributed by atoms with van der Waals surface area (Å²) in [6.07, 6.45) is -4.32. The number of hydrogen-bond donors (Lipinski definition) is 2. The van der Waals surface area contributed by atoms with Crippen molar-refractivity contribution < 1.29 is 22.7 Å². The maximum atomic E-state index is 11.9. The summed E-state index contributed by atoms with van der Waals surface area (Å²) >= 11 is 0. The predicted molar refractivity (Wildman–Crippen MR) is 73.1 cm³/mol. The van der Waals surface area contributed by atoms with Crippen LogP contribution in [0.4, 0.5) is 13.2 Å². The number of carbonyl (C=O) groups excluding carboxylic acids is 1. The summed E-state index contributed by atoms with van der Waals surface area (Å²) in [5.74, 6) is 0.243. The van der Waals surface area contributed by atoms with Gasteiger partial charge in [-0.05, 0) is 31.5 Å². The zero-order chi connectivity index (χ0) is 15.9. The number of nitrogens with one attached hydrogen (secondary N) is 2. The average Bonchev–Trinajstić information content (AvgIpc) is 2.38. The summed E-state index contributed by atoms with van der Waals surface area (Å²) in [5, 5.41) is 4.68. The molecule has 0 saturated heterocycles. The summed E-state index contributed by atoms with van der Waals surface area (Å²) in [6, 6.07) is 6.88. The molecule has 0 aromatic heterocycles. The van der Waals surface area contributed by atoms with Crippen LogP contribution >= 0.6 is 0 Å². The fraction of sp³-hybridized carbons (Fsp3) is 0.500. The molecule has 4 nitrogen and oxygen atoms in total. The van der Waals surface area contributed by atoms with Crippen LogP contribution in [0, 0.1) is 0 Å². The van der Waals surface area contributed by atoms with Gasteiger partial charge in [-0.1, -0.05) is 12.1 Å². The van der Waals surface area contributed by atoms with E-state index in [-0.39, 0.29) is 12.6 Å². The molecule has 0 aliphatic carbocycles. The highest BCUT2D eigenvalue weighted by atomic mass is 19.4. The Morgan fingerprint density at radius 1 is 1.29 bits per heavy atom. The molecule has 21 heavy (non-hydrogen) atoms. The Kier molecular flexibility index (Phi) is 6.48. The van der Waals surface area contributed by atoms with Crippen LogP contribution in [0.25, 0.3) is 0 Å². The molecule has 0 bridgehead atoms. The Balaban J connectivity index is 2.41. The summed E-state index contributed by atoms with van der Waals surface area (Å²) in [5.41, 5.74) is 0.850. The van der Waals surface area contributed by atoms with Gasteiger partial charge in [0.2, 0.25) is 5.91 Å². The quantitative estimate of drug-likeness (QED) is 0.813. The molecule has 0 aliphatic rings. The van der Waals surface area contributed by atoms with Crippen molar-refractivity contribution in [3.05, 3.63) is 29.8 Å². The second kappa shape index (κ2) is 7.87. The van der Waals surface area contributed by atoms with Crippen LogP contribution in [0.15, 0.2) is 24.3 Å². The Labute approximate surface area is 121 Å². The van der Waals surface area contributed by atoms with E-state index in [4.69, 9.17) is 4.74 Å². The van der Waals surface area contributed by atoms with Crippen molar-refractivity contribution >= 4 is 5.91 Å². The third-order valence-electron chi connectivity index (χ3n) is 2.68. The lowest BCUT2D eigenvalue weighted by Gasteiger charge is -2.15. The minimum atomic E-state index is -4.32. The Hall–Kier alpha value is -1.76. The van der Waals surface area contributed by atoms with Gasteiger partial charge in [0.1, 0.15) is 5.75 Å². The van der Waals surface area contributed by atoms with Gasteiger partial charge in [0.05, 0.1) is 25.7 Å². The summed E-state index contributed by atoms with van der Waals surface area (Å²) in [7, 11) is 0. The number of ether oxygens (including phenoxy) is 1. The van der Waals surface area contributed by atoms with Crippen LogP contribution in [0.5, 0.6) is 5.75 Å². The minimum absolute atomic E-state index is 0.291. The van der Waals surface area contributed by atoms with Crippen molar-refractivity contribution in [2.24, 2.45) is 0 Å². The molecule has 0 saturated carbocycles. The lowest BCUT2D eigenvalue weighted by molar-refractivity contribution is -0.128. The smallest absolute Gasteiger partial charge is 0.401 e. The number of hydrogen-bond acceptors (Lipinski definition) is 3. The number of rotatable bonds is 7. The number of halogens is 3. The van der Waals surface area contributed by atoms with E-state index in [0.29, 0.717) is 6.61 Å². The highest BCUT2D eigenvalue weighted by Gasteiger charge is 2.26. The second-order valence-electron chi connectivity index (χ2n) is 4.51. The summed E-state index contributed by atoms with van der Waals surface area (Å²) < 4.78 is 41.1. The Morgan fingerprint density at radius 3 is 2.43 bits per heavy atom. The summed E-state index contributed by atoms with van der Waals surface area (Å²) in [6.45, 7) is 2.65. The number of carbonyl (C=O) groups is 1. The maximum absolute atomic E-state index is 11.9. The molecule has 0 heterocycles. The SMILES string of the molecule is CCOc1ccc(C(C)NC(=O)CNCC(F)(F)F)cc1. The van der Waals surface area contributed by atoms with Crippen molar-refractivity contribution in [2.75, 3.05) is 19.7 Å². The lowest BCUT2D eigenvalue weighted by Crippen LogP contribution is -2.39. The van der Waals surface area contributed by atoms with E-state index in [9.17, 15) is 18.0 Å². The molecule has 0 fully saturated rings. The van der Waals surface area contributed by atoms with Crippen molar-refractivity contribution in [3.63, 3.8) is 0 Å². The molecule has 0 radical (unpaired) electrons. The van der Waals surface area contributed by atoms with Crippen LogP contribution in [0.1, 0.15) is 25.5 Å². The van der Waals surface area contributed by atoms with Gasteiger partial charge >= 0.3 is 6.18 Å². The zero-order valence-corrected chi connectivity index (χ0v) is 12.0. The largest absolute Gasteiger partial charge is 0.494 e. The molecule has 1 atom stereocenters. The van der Waals surface area contributed by atoms with Gasteiger partial charge in [0.25, 0.3) is 0 Å². The van der Waals surface area contributed by atoms with Crippen LogP contribution in [-0.4, -0.2) is 31.8 Å². The van der Waals surface area contributed by atoms with Crippen LogP contribution in [0.3, 0.4) is 0 Å². The Morgan fingerprint density at radius 2 is 1.90 bits per heavy atom. The molecule has 0 aliphatic heterocycles. The fourth-order valence-corrected chi connectivity index (χ4v) is 1.71. The third-order valence-corrected chi connectivity index (χ3v) is 2.68. The van der Waals surface area contributed by atoms with Crippen molar-refractivity contribution in [3.8, 4) is 5.75 Å². The molecule has 1 unspecified atom stereocenters. The van der Waals surface area contributed by atoms with Crippen molar-refractivity contribution in [1.29, 1.82) is 0 Å². The van der Waals surface area contributed by atoms with E-state index >= 15 is 0 Å². The molecule has 1 aromatic carbocycles. The Bertz CT molecular complexity index is 447. The van der Waals surface area contributed by atoms with Crippen LogP contribution in [-0.2, 0) is 4.79 Å². The first-order valence-electron chi connectivity index (χ1n) is 6.61. The van der Waals surface area contributed by atoms with E-state index in [1.807, 2.05) is 6.92 Å². The van der Waals surface area contributed by atoms with E-state index in [0.717, 1.165) is 11.3 Å². The van der Waals surface area contributed by atoms with Crippen LogP contribution < -0.4 is 15.4 Å². The van der Waals surface area contributed by atoms with E-state index in [1.54, 1.807) is 31.2 Å². The highest BCUT2D eigenvalue weighted by Crippen LogP contribution is 2.17. The first-order valence-corrected chi connectivity index (χ1v) is 6.61. The number of alkyl halides is 3. The molecule has 1 amide bonds. The number of amides is 1.